The van der Waals surface area contributed by atoms with E-state index >= 15 is 0 Å². The van der Waals surface area contributed by atoms with Gasteiger partial charge >= 0.3 is 0 Å². The van der Waals surface area contributed by atoms with E-state index in [1.807, 2.05) is 30.3 Å². The zero-order valence-electron chi connectivity index (χ0n) is 7.68. The van der Waals surface area contributed by atoms with E-state index in [1.54, 1.807) is 6.92 Å². The van der Waals surface area contributed by atoms with Crippen LogP contribution < -0.4 is 5.73 Å². The van der Waals surface area contributed by atoms with Gasteiger partial charge in [-0.05, 0) is 12.5 Å². The summed E-state index contributed by atoms with van der Waals surface area (Å²) in [5, 5.41) is 9.24. The molecule has 3 heteroatoms. The van der Waals surface area contributed by atoms with Gasteiger partial charge in [-0.3, -0.25) is 0 Å². The van der Waals surface area contributed by atoms with Gasteiger partial charge in [0, 0.05) is 0 Å². The highest BCUT2D eigenvalue weighted by atomic mass is 16.6. The summed E-state index contributed by atoms with van der Waals surface area (Å²) in [6.45, 7) is 2.10. The van der Waals surface area contributed by atoms with Crippen molar-refractivity contribution in [3.63, 3.8) is 0 Å². The van der Waals surface area contributed by atoms with Gasteiger partial charge in [-0.15, -0.1) is 0 Å². The highest BCUT2D eigenvalue weighted by molar-refractivity contribution is 5.13. The van der Waals surface area contributed by atoms with Crippen molar-refractivity contribution >= 4 is 0 Å². The molecule has 0 saturated heterocycles. The first-order chi connectivity index (χ1) is 6.20. The van der Waals surface area contributed by atoms with Crippen molar-refractivity contribution in [1.29, 1.82) is 0 Å². The summed E-state index contributed by atoms with van der Waals surface area (Å²) in [5.41, 5.74) is 6.45. The fourth-order valence-electron chi connectivity index (χ4n) is 0.908. The largest absolute Gasteiger partial charge is 0.367 e. The van der Waals surface area contributed by atoms with Gasteiger partial charge in [-0.25, -0.2) is 0 Å². The number of nitrogens with two attached hydrogens (primary N) is 1. The predicted molar refractivity (Wildman–Crippen MR) is 50.9 cm³/mol. The summed E-state index contributed by atoms with van der Waals surface area (Å²) in [5.74, 6) is 0. The van der Waals surface area contributed by atoms with E-state index in [4.69, 9.17) is 10.5 Å². The van der Waals surface area contributed by atoms with Crippen molar-refractivity contribution < 1.29 is 9.84 Å². The summed E-state index contributed by atoms with van der Waals surface area (Å²) in [7, 11) is 0. The second-order valence-corrected chi connectivity index (χ2v) is 3.05. The van der Waals surface area contributed by atoms with Crippen molar-refractivity contribution in [3.05, 3.63) is 35.9 Å². The molecule has 0 aliphatic carbocycles. The molecule has 2 unspecified atom stereocenters. The maximum atomic E-state index is 9.24. The van der Waals surface area contributed by atoms with Crippen LogP contribution in [-0.4, -0.2) is 17.4 Å². The average Bonchev–Trinajstić information content (AvgIpc) is 2.15. The Morgan fingerprint density at radius 1 is 1.38 bits per heavy atom. The molecule has 0 saturated carbocycles. The number of aliphatic hydroxyl groups is 1. The van der Waals surface area contributed by atoms with Crippen LogP contribution in [0.25, 0.3) is 0 Å². The molecule has 72 valence electrons. The van der Waals surface area contributed by atoms with Gasteiger partial charge in [0.1, 0.15) is 0 Å². The van der Waals surface area contributed by atoms with Gasteiger partial charge in [-0.1, -0.05) is 30.3 Å². The molecule has 1 rings (SSSR count). The summed E-state index contributed by atoms with van der Waals surface area (Å²) >= 11 is 0. The molecule has 1 aromatic rings. The van der Waals surface area contributed by atoms with Crippen LogP contribution >= 0.6 is 0 Å². The number of benzene rings is 1. The van der Waals surface area contributed by atoms with Crippen molar-refractivity contribution in [2.75, 3.05) is 0 Å². The standard InChI is InChI=1S/C10H15NO2/c1-8(11)10(12)13-7-9-5-3-2-4-6-9/h2-6,8,10,12H,7,11H2,1H3. The van der Waals surface area contributed by atoms with Gasteiger partial charge in [0.05, 0.1) is 12.6 Å². The van der Waals surface area contributed by atoms with Crippen LogP contribution in [0, 0.1) is 0 Å². The second kappa shape index (κ2) is 4.97. The normalized spacial score (nSPS) is 15.3. The summed E-state index contributed by atoms with van der Waals surface area (Å²) in [6, 6.07) is 9.31. The Morgan fingerprint density at radius 3 is 2.54 bits per heavy atom. The van der Waals surface area contributed by atoms with Gasteiger partial charge in [0.2, 0.25) is 0 Å². The SMILES string of the molecule is CC(N)C(O)OCc1ccccc1. The molecule has 3 N–H and O–H groups in total. The highest BCUT2D eigenvalue weighted by Crippen LogP contribution is 2.03. The molecule has 0 spiro atoms. The fraction of sp³-hybridized carbons (Fsp3) is 0.400. The smallest absolute Gasteiger partial charge is 0.169 e. The van der Waals surface area contributed by atoms with E-state index in [9.17, 15) is 5.11 Å². The number of hydrogen-bond donors (Lipinski definition) is 2. The van der Waals surface area contributed by atoms with Crippen LogP contribution in [0.4, 0.5) is 0 Å². The minimum Gasteiger partial charge on any atom is -0.367 e. The number of aliphatic hydroxyl groups excluding tert-OH is 1. The molecule has 0 aliphatic rings. The Kier molecular flexibility index (Phi) is 3.89. The Bertz CT molecular complexity index is 236. The van der Waals surface area contributed by atoms with Crippen LogP contribution in [0.1, 0.15) is 12.5 Å². The first-order valence-electron chi connectivity index (χ1n) is 4.29. The van der Waals surface area contributed by atoms with Crippen LogP contribution in [0.15, 0.2) is 30.3 Å². The molecule has 13 heavy (non-hydrogen) atoms. The monoisotopic (exact) mass is 181 g/mol. The lowest BCUT2D eigenvalue weighted by molar-refractivity contribution is -0.118. The lowest BCUT2D eigenvalue weighted by Gasteiger charge is -2.14. The molecule has 3 nitrogen and oxygen atoms in total. The number of hydrogen-bond acceptors (Lipinski definition) is 3. The van der Waals surface area contributed by atoms with Crippen LogP contribution in [0.2, 0.25) is 0 Å². The molecular formula is C10H15NO2. The molecule has 1 aromatic carbocycles. The first kappa shape index (κ1) is 10.2. The lowest BCUT2D eigenvalue weighted by Crippen LogP contribution is -2.33. The van der Waals surface area contributed by atoms with E-state index < -0.39 is 6.29 Å². The molecule has 0 radical (unpaired) electrons. The van der Waals surface area contributed by atoms with E-state index in [2.05, 4.69) is 0 Å². The first-order valence-corrected chi connectivity index (χ1v) is 4.29. The average molecular weight is 181 g/mol. The molecule has 0 heterocycles. The van der Waals surface area contributed by atoms with E-state index in [-0.39, 0.29) is 6.04 Å². The third-order valence-corrected chi connectivity index (χ3v) is 1.71. The maximum absolute atomic E-state index is 9.24. The van der Waals surface area contributed by atoms with Crippen molar-refractivity contribution in [1.82, 2.24) is 0 Å². The number of ether oxygens (including phenoxy) is 1. The Balaban J connectivity index is 2.35. The molecule has 0 aromatic heterocycles. The van der Waals surface area contributed by atoms with Crippen molar-refractivity contribution in [3.8, 4) is 0 Å². The Labute approximate surface area is 78.1 Å². The molecule has 0 amide bonds. The lowest BCUT2D eigenvalue weighted by atomic mass is 10.2. The maximum Gasteiger partial charge on any atom is 0.169 e. The van der Waals surface area contributed by atoms with Crippen LogP contribution in [-0.2, 0) is 11.3 Å². The van der Waals surface area contributed by atoms with E-state index in [0.717, 1.165) is 5.56 Å². The fourth-order valence-corrected chi connectivity index (χ4v) is 0.908. The van der Waals surface area contributed by atoms with Crippen molar-refractivity contribution in [2.24, 2.45) is 5.73 Å². The van der Waals surface area contributed by atoms with Gasteiger partial charge in [0.25, 0.3) is 0 Å². The molecular weight excluding hydrogens is 166 g/mol. The van der Waals surface area contributed by atoms with Gasteiger partial charge < -0.3 is 15.6 Å². The van der Waals surface area contributed by atoms with Gasteiger partial charge in [0.15, 0.2) is 6.29 Å². The number of rotatable bonds is 4. The summed E-state index contributed by atoms with van der Waals surface area (Å²) in [4.78, 5) is 0. The van der Waals surface area contributed by atoms with E-state index in [0.29, 0.717) is 6.61 Å². The third kappa shape index (κ3) is 3.55. The third-order valence-electron chi connectivity index (χ3n) is 1.71. The minimum absolute atomic E-state index is 0.358. The predicted octanol–water partition coefficient (Wildman–Crippen LogP) is 0.869. The van der Waals surface area contributed by atoms with Crippen LogP contribution in [0.5, 0.6) is 0 Å². The van der Waals surface area contributed by atoms with E-state index in [1.165, 1.54) is 0 Å². The van der Waals surface area contributed by atoms with Gasteiger partial charge in [-0.2, -0.15) is 0 Å². The Hall–Kier alpha value is -0.900. The molecule has 0 bridgehead atoms. The summed E-state index contributed by atoms with van der Waals surface area (Å²) < 4.78 is 5.12. The summed E-state index contributed by atoms with van der Waals surface area (Å²) in [6.07, 6.45) is -0.889. The van der Waals surface area contributed by atoms with Crippen molar-refractivity contribution in [2.45, 2.75) is 25.9 Å². The zero-order valence-corrected chi connectivity index (χ0v) is 7.68. The Morgan fingerprint density at radius 2 is 2.00 bits per heavy atom. The zero-order chi connectivity index (χ0) is 9.68. The quantitative estimate of drug-likeness (QED) is 0.678. The highest BCUT2D eigenvalue weighted by Gasteiger charge is 2.08. The molecule has 2 atom stereocenters. The second-order valence-electron chi connectivity index (χ2n) is 3.05. The van der Waals surface area contributed by atoms with Crippen LogP contribution in [0.3, 0.4) is 0 Å². The topological polar surface area (TPSA) is 55.5 Å². The molecule has 0 fully saturated rings. The minimum atomic E-state index is -0.889. The molecule has 0 aliphatic heterocycles.